The lowest BCUT2D eigenvalue weighted by atomic mass is 9.88. The van der Waals surface area contributed by atoms with E-state index in [9.17, 15) is 0 Å². The van der Waals surface area contributed by atoms with Gasteiger partial charge in [0.15, 0.2) is 0 Å². The summed E-state index contributed by atoms with van der Waals surface area (Å²) in [5.41, 5.74) is 2.44. The molecule has 2 atom stereocenters. The van der Waals surface area contributed by atoms with Crippen LogP contribution >= 0.6 is 0 Å². The normalized spacial score (nSPS) is 24.5. The van der Waals surface area contributed by atoms with Gasteiger partial charge in [-0.15, -0.1) is 0 Å². The van der Waals surface area contributed by atoms with Crippen LogP contribution in [0.3, 0.4) is 0 Å². The summed E-state index contributed by atoms with van der Waals surface area (Å²) < 4.78 is 11.6. The van der Waals surface area contributed by atoms with E-state index in [0.717, 1.165) is 56.5 Å². The second-order valence-corrected chi connectivity index (χ2v) is 7.72. The molecule has 4 heteroatoms. The van der Waals surface area contributed by atoms with Crippen LogP contribution in [0.2, 0.25) is 0 Å². The first kappa shape index (κ1) is 16.8. The van der Waals surface area contributed by atoms with Gasteiger partial charge in [-0.25, -0.2) is 0 Å². The Bertz CT molecular complexity index is 666. The van der Waals surface area contributed by atoms with Gasteiger partial charge < -0.3 is 9.26 Å². The summed E-state index contributed by atoms with van der Waals surface area (Å²) in [6.07, 6.45) is 5.29. The largest absolute Gasteiger partial charge is 0.378 e. The van der Waals surface area contributed by atoms with Crippen LogP contribution in [0.25, 0.3) is 0 Å². The van der Waals surface area contributed by atoms with Crippen molar-refractivity contribution >= 4 is 0 Å². The average molecular weight is 340 g/mol. The fourth-order valence-corrected chi connectivity index (χ4v) is 3.83. The Labute approximate surface area is 150 Å². The molecule has 2 fully saturated rings. The number of likely N-dealkylation sites (tertiary alicyclic amines) is 1. The van der Waals surface area contributed by atoms with Crippen molar-refractivity contribution < 1.29 is 9.26 Å². The molecule has 0 spiro atoms. The maximum absolute atomic E-state index is 6.33. The molecule has 1 aromatic heterocycles. The van der Waals surface area contributed by atoms with Gasteiger partial charge in [0.25, 0.3) is 0 Å². The van der Waals surface area contributed by atoms with Gasteiger partial charge in [-0.3, -0.25) is 4.90 Å². The lowest BCUT2D eigenvalue weighted by Gasteiger charge is -2.38. The zero-order valence-electron chi connectivity index (χ0n) is 15.1. The quantitative estimate of drug-likeness (QED) is 0.767. The molecule has 1 aliphatic carbocycles. The van der Waals surface area contributed by atoms with Crippen LogP contribution < -0.4 is 0 Å². The van der Waals surface area contributed by atoms with Crippen molar-refractivity contribution in [3.63, 3.8) is 0 Å². The van der Waals surface area contributed by atoms with E-state index < -0.39 is 0 Å². The van der Waals surface area contributed by atoms with E-state index in [0.29, 0.717) is 12.0 Å². The molecule has 0 amide bonds. The van der Waals surface area contributed by atoms with Gasteiger partial charge in [-0.1, -0.05) is 35.5 Å². The minimum atomic E-state index is 0.385. The molecular formula is C21H28N2O2. The first-order valence-electron chi connectivity index (χ1n) is 9.56. The topological polar surface area (TPSA) is 38.5 Å². The molecule has 0 unspecified atom stereocenters. The highest BCUT2D eigenvalue weighted by Gasteiger charge is 2.32. The van der Waals surface area contributed by atoms with Crippen molar-refractivity contribution in [2.24, 2.45) is 11.8 Å². The van der Waals surface area contributed by atoms with Gasteiger partial charge in [0.2, 0.25) is 0 Å². The lowest BCUT2D eigenvalue weighted by Crippen LogP contribution is -2.45. The summed E-state index contributed by atoms with van der Waals surface area (Å²) in [5, 5.41) is 4.16. The van der Waals surface area contributed by atoms with Crippen LogP contribution in [0.1, 0.15) is 36.3 Å². The first-order valence-corrected chi connectivity index (χ1v) is 9.56. The number of aryl methyl sites for hydroxylation is 1. The van der Waals surface area contributed by atoms with E-state index >= 15 is 0 Å². The maximum Gasteiger partial charge on any atom is 0.133 e. The molecule has 134 valence electrons. The van der Waals surface area contributed by atoms with E-state index in [1.807, 2.05) is 13.0 Å². The van der Waals surface area contributed by atoms with E-state index in [4.69, 9.17) is 9.26 Å². The summed E-state index contributed by atoms with van der Waals surface area (Å²) in [7, 11) is 0. The molecule has 1 saturated carbocycles. The summed E-state index contributed by atoms with van der Waals surface area (Å²) in [4.78, 5) is 2.50. The third-order valence-electron chi connectivity index (χ3n) is 5.39. The second-order valence-electron chi connectivity index (χ2n) is 7.72. The van der Waals surface area contributed by atoms with Gasteiger partial charge in [-0.05, 0) is 44.1 Å². The van der Waals surface area contributed by atoms with E-state index in [2.05, 4.69) is 40.4 Å². The van der Waals surface area contributed by atoms with E-state index in [-0.39, 0.29) is 0 Å². The van der Waals surface area contributed by atoms with Crippen LogP contribution in [-0.2, 0) is 17.7 Å². The molecule has 4 nitrogen and oxygen atoms in total. The van der Waals surface area contributed by atoms with E-state index in [1.54, 1.807) is 0 Å². The third-order valence-corrected chi connectivity index (χ3v) is 5.39. The van der Waals surface area contributed by atoms with Crippen molar-refractivity contribution in [3.8, 4) is 0 Å². The Balaban J connectivity index is 1.40. The predicted octanol–water partition coefficient (Wildman–Crippen LogP) is 3.84. The number of rotatable bonds is 7. The van der Waals surface area contributed by atoms with Crippen LogP contribution in [-0.4, -0.2) is 35.9 Å². The van der Waals surface area contributed by atoms with Crippen molar-refractivity contribution in [3.05, 3.63) is 53.4 Å². The monoisotopic (exact) mass is 340 g/mol. The zero-order valence-corrected chi connectivity index (χ0v) is 15.1. The molecule has 1 saturated heterocycles. The Morgan fingerprint density at radius 2 is 2.04 bits per heavy atom. The van der Waals surface area contributed by atoms with Crippen molar-refractivity contribution in [2.75, 3.05) is 19.7 Å². The fourth-order valence-electron chi connectivity index (χ4n) is 3.83. The molecule has 2 aromatic rings. The fraction of sp³-hybridized carbons (Fsp3) is 0.571. The maximum atomic E-state index is 6.33. The van der Waals surface area contributed by atoms with Gasteiger partial charge in [-0.2, -0.15) is 0 Å². The van der Waals surface area contributed by atoms with Gasteiger partial charge in [0.1, 0.15) is 5.76 Å². The highest BCUT2D eigenvalue weighted by atomic mass is 16.5. The summed E-state index contributed by atoms with van der Waals surface area (Å²) >= 11 is 0. The SMILES string of the molecule is Cc1cc(CN2CC[C@H](OCC3CC3)[C@@H](Cc3ccccc3)C2)no1. The van der Waals surface area contributed by atoms with Crippen molar-refractivity contribution in [2.45, 2.75) is 45.3 Å². The van der Waals surface area contributed by atoms with Gasteiger partial charge >= 0.3 is 0 Å². The molecular weight excluding hydrogens is 312 g/mol. The van der Waals surface area contributed by atoms with Crippen LogP contribution in [0, 0.1) is 18.8 Å². The number of piperidine rings is 1. The molecule has 1 aliphatic heterocycles. The molecule has 0 N–H and O–H groups in total. The lowest BCUT2D eigenvalue weighted by molar-refractivity contribution is -0.0393. The Kier molecular flexibility index (Phi) is 5.18. The Hall–Kier alpha value is -1.65. The first-order chi connectivity index (χ1) is 12.3. The highest BCUT2D eigenvalue weighted by Crippen LogP contribution is 2.32. The molecule has 2 heterocycles. The molecule has 1 aromatic carbocycles. The minimum Gasteiger partial charge on any atom is -0.378 e. The molecule has 4 rings (SSSR count). The second kappa shape index (κ2) is 7.71. The number of hydrogen-bond acceptors (Lipinski definition) is 4. The number of hydrogen-bond donors (Lipinski definition) is 0. The summed E-state index contributed by atoms with van der Waals surface area (Å²) in [6, 6.07) is 12.9. The third kappa shape index (κ3) is 4.71. The predicted molar refractivity (Wildman–Crippen MR) is 97.2 cm³/mol. The molecule has 0 radical (unpaired) electrons. The van der Waals surface area contributed by atoms with Gasteiger partial charge in [0.05, 0.1) is 11.8 Å². The molecule has 25 heavy (non-hydrogen) atoms. The van der Waals surface area contributed by atoms with Crippen LogP contribution in [0.4, 0.5) is 0 Å². The summed E-state index contributed by atoms with van der Waals surface area (Å²) in [5.74, 6) is 2.26. The number of benzene rings is 1. The molecule has 2 aliphatic rings. The number of ether oxygens (including phenoxy) is 1. The smallest absolute Gasteiger partial charge is 0.133 e. The average Bonchev–Trinajstić information content (AvgIpc) is 3.36. The van der Waals surface area contributed by atoms with Crippen LogP contribution in [0.15, 0.2) is 40.9 Å². The molecule has 0 bridgehead atoms. The summed E-state index contributed by atoms with van der Waals surface area (Å²) in [6.45, 7) is 5.92. The standard InChI is InChI=1S/C21H28N2O2/c1-16-11-20(22-25-16)14-23-10-9-21(24-15-18-7-8-18)19(13-23)12-17-5-3-2-4-6-17/h2-6,11,18-19,21H,7-10,12-15H2,1H3/t19-,21-/m0/s1. The Morgan fingerprint density at radius 1 is 1.20 bits per heavy atom. The minimum absolute atomic E-state index is 0.385. The zero-order chi connectivity index (χ0) is 17.1. The van der Waals surface area contributed by atoms with Crippen LogP contribution in [0.5, 0.6) is 0 Å². The van der Waals surface area contributed by atoms with Crippen molar-refractivity contribution in [1.82, 2.24) is 10.1 Å². The van der Waals surface area contributed by atoms with Crippen molar-refractivity contribution in [1.29, 1.82) is 0 Å². The number of nitrogens with zero attached hydrogens (tertiary/aromatic N) is 2. The van der Waals surface area contributed by atoms with E-state index in [1.165, 1.54) is 18.4 Å². The number of aromatic nitrogens is 1. The van der Waals surface area contributed by atoms with Gasteiger partial charge in [0, 0.05) is 38.2 Å². The Morgan fingerprint density at radius 3 is 2.76 bits per heavy atom. The highest BCUT2D eigenvalue weighted by molar-refractivity contribution is 5.16.